The Kier molecular flexibility index (Phi) is 5.67. The van der Waals surface area contributed by atoms with Gasteiger partial charge in [0.1, 0.15) is 11.1 Å². The lowest BCUT2D eigenvalue weighted by Crippen LogP contribution is -1.99. The van der Waals surface area contributed by atoms with Crippen molar-refractivity contribution in [3.63, 3.8) is 0 Å². The lowest BCUT2D eigenvalue weighted by molar-refractivity contribution is 0.631. The molecule has 0 fully saturated rings. The van der Waals surface area contributed by atoms with Gasteiger partial charge in [-0.25, -0.2) is 4.98 Å². The highest BCUT2D eigenvalue weighted by Crippen LogP contribution is 2.26. The van der Waals surface area contributed by atoms with E-state index in [0.717, 1.165) is 33.5 Å². The zero-order valence-electron chi connectivity index (χ0n) is 12.1. The van der Waals surface area contributed by atoms with Gasteiger partial charge >= 0.3 is 0 Å². The Labute approximate surface area is 135 Å². The van der Waals surface area contributed by atoms with Crippen LogP contribution in [0.25, 0.3) is 0 Å². The Morgan fingerprint density at radius 3 is 2.76 bits per heavy atom. The van der Waals surface area contributed by atoms with Crippen LogP contribution in [0.2, 0.25) is 5.02 Å². The molecule has 1 heterocycles. The molecule has 0 bridgehead atoms. The second-order valence-corrected chi connectivity index (χ2v) is 6.68. The van der Waals surface area contributed by atoms with Crippen molar-refractivity contribution >= 4 is 23.4 Å². The molecule has 0 saturated heterocycles. The number of thioether (sulfide) groups is 1. The molecule has 2 rings (SSSR count). The number of hydrogen-bond donors (Lipinski definition) is 0. The van der Waals surface area contributed by atoms with E-state index in [9.17, 15) is 5.26 Å². The molecule has 0 aliphatic carbocycles. The Balaban J connectivity index is 2.16. The minimum atomic E-state index is 0.552. The minimum Gasteiger partial charge on any atom is -0.245 e. The van der Waals surface area contributed by atoms with Gasteiger partial charge in [-0.15, -0.1) is 11.8 Å². The highest BCUT2D eigenvalue weighted by atomic mass is 35.5. The highest BCUT2D eigenvalue weighted by molar-refractivity contribution is 7.98. The first-order valence-electron chi connectivity index (χ1n) is 6.85. The maximum Gasteiger partial charge on any atom is 0.114 e. The van der Waals surface area contributed by atoms with E-state index in [1.807, 2.05) is 36.4 Å². The maximum absolute atomic E-state index is 9.21. The number of halogens is 1. The molecule has 0 N–H and O–H groups in total. The van der Waals surface area contributed by atoms with Crippen LogP contribution in [0.3, 0.4) is 0 Å². The lowest BCUT2D eigenvalue weighted by Gasteiger charge is -2.08. The van der Waals surface area contributed by atoms with Crippen molar-refractivity contribution in [1.29, 1.82) is 5.26 Å². The van der Waals surface area contributed by atoms with Crippen molar-refractivity contribution in [3.05, 3.63) is 58.2 Å². The topological polar surface area (TPSA) is 36.7 Å². The molecule has 0 atom stereocenters. The summed E-state index contributed by atoms with van der Waals surface area (Å²) in [6.07, 6.45) is 0.927. The second kappa shape index (κ2) is 7.49. The van der Waals surface area contributed by atoms with Gasteiger partial charge in [0.15, 0.2) is 0 Å². The van der Waals surface area contributed by atoms with E-state index in [0.29, 0.717) is 11.5 Å². The molecule has 2 aromatic rings. The Bertz CT molecular complexity index is 662. The quantitative estimate of drug-likeness (QED) is 0.720. The number of aromatic nitrogens is 1. The molecule has 108 valence electrons. The smallest absolute Gasteiger partial charge is 0.114 e. The van der Waals surface area contributed by atoms with Gasteiger partial charge in [0.2, 0.25) is 0 Å². The van der Waals surface area contributed by atoms with E-state index >= 15 is 0 Å². The minimum absolute atomic E-state index is 0.552. The summed E-state index contributed by atoms with van der Waals surface area (Å²) in [6.45, 7) is 4.33. The summed E-state index contributed by atoms with van der Waals surface area (Å²) in [5.41, 5.74) is 2.81. The molecule has 0 unspecified atom stereocenters. The van der Waals surface area contributed by atoms with Gasteiger partial charge in [0.25, 0.3) is 0 Å². The largest absolute Gasteiger partial charge is 0.245 e. The summed E-state index contributed by atoms with van der Waals surface area (Å²) in [7, 11) is 0. The molecule has 1 aromatic carbocycles. The summed E-state index contributed by atoms with van der Waals surface area (Å²) in [4.78, 5) is 4.63. The van der Waals surface area contributed by atoms with Crippen LogP contribution in [-0.2, 0) is 12.2 Å². The van der Waals surface area contributed by atoms with Crippen LogP contribution >= 0.6 is 23.4 Å². The average molecular weight is 317 g/mol. The first kappa shape index (κ1) is 15.9. The van der Waals surface area contributed by atoms with Crippen molar-refractivity contribution in [1.82, 2.24) is 4.98 Å². The Morgan fingerprint density at radius 2 is 2.10 bits per heavy atom. The summed E-state index contributed by atoms with van der Waals surface area (Å²) >= 11 is 7.57. The zero-order chi connectivity index (χ0) is 15.2. The standard InChI is InChI=1S/C17H17ClN2S/c1-12(2)8-16-7-6-14(10-19)17(20-16)21-11-13-4-3-5-15(18)9-13/h3-7,9,12H,8,11H2,1-2H3. The van der Waals surface area contributed by atoms with Crippen LogP contribution in [0.15, 0.2) is 41.4 Å². The predicted octanol–water partition coefficient (Wildman–Crippen LogP) is 5.10. The molecule has 0 aliphatic heterocycles. The molecule has 4 heteroatoms. The summed E-state index contributed by atoms with van der Waals surface area (Å²) in [5.74, 6) is 1.31. The molecular formula is C17H17ClN2S. The Hall–Kier alpha value is -1.50. The first-order chi connectivity index (χ1) is 10.1. The molecule has 1 aromatic heterocycles. The van der Waals surface area contributed by atoms with Gasteiger partial charge in [-0.05, 0) is 42.2 Å². The van der Waals surface area contributed by atoms with Crippen molar-refractivity contribution < 1.29 is 0 Å². The third kappa shape index (κ3) is 4.77. The SMILES string of the molecule is CC(C)Cc1ccc(C#N)c(SCc2cccc(Cl)c2)n1. The number of benzene rings is 1. The van der Waals surface area contributed by atoms with E-state index in [1.165, 1.54) is 0 Å². The summed E-state index contributed by atoms with van der Waals surface area (Å²) < 4.78 is 0. The van der Waals surface area contributed by atoms with Crippen molar-refractivity contribution in [2.24, 2.45) is 5.92 Å². The maximum atomic E-state index is 9.21. The normalized spacial score (nSPS) is 10.6. The summed E-state index contributed by atoms with van der Waals surface area (Å²) in [6, 6.07) is 13.8. The van der Waals surface area contributed by atoms with Gasteiger partial charge in [0, 0.05) is 16.5 Å². The van der Waals surface area contributed by atoms with Crippen LogP contribution in [0.4, 0.5) is 0 Å². The van der Waals surface area contributed by atoms with Gasteiger partial charge < -0.3 is 0 Å². The second-order valence-electron chi connectivity index (χ2n) is 5.28. The summed E-state index contributed by atoms with van der Waals surface area (Å²) in [5, 5.41) is 10.7. The molecular weight excluding hydrogens is 300 g/mol. The van der Waals surface area contributed by atoms with Crippen LogP contribution in [0.5, 0.6) is 0 Å². The Morgan fingerprint density at radius 1 is 1.29 bits per heavy atom. The monoisotopic (exact) mass is 316 g/mol. The van der Waals surface area contributed by atoms with Crippen molar-refractivity contribution in [3.8, 4) is 6.07 Å². The van der Waals surface area contributed by atoms with Gasteiger partial charge in [0.05, 0.1) is 5.56 Å². The molecule has 0 saturated carbocycles. The van der Waals surface area contributed by atoms with E-state index < -0.39 is 0 Å². The van der Waals surface area contributed by atoms with Gasteiger partial charge in [-0.1, -0.05) is 37.6 Å². The lowest BCUT2D eigenvalue weighted by atomic mass is 10.1. The number of hydrogen-bond acceptors (Lipinski definition) is 3. The van der Waals surface area contributed by atoms with E-state index in [4.69, 9.17) is 11.6 Å². The predicted molar refractivity (Wildman–Crippen MR) is 88.5 cm³/mol. The van der Waals surface area contributed by atoms with Crippen molar-refractivity contribution in [2.75, 3.05) is 0 Å². The van der Waals surface area contributed by atoms with Crippen LogP contribution in [-0.4, -0.2) is 4.98 Å². The van der Waals surface area contributed by atoms with E-state index in [-0.39, 0.29) is 0 Å². The molecule has 0 radical (unpaired) electrons. The van der Waals surface area contributed by atoms with Crippen LogP contribution < -0.4 is 0 Å². The number of nitrogens with zero attached hydrogens (tertiary/aromatic N) is 2. The van der Waals surface area contributed by atoms with E-state index in [2.05, 4.69) is 24.9 Å². The van der Waals surface area contributed by atoms with Crippen molar-refractivity contribution in [2.45, 2.75) is 31.0 Å². The molecule has 0 amide bonds. The first-order valence-corrected chi connectivity index (χ1v) is 8.22. The van der Waals surface area contributed by atoms with E-state index in [1.54, 1.807) is 11.8 Å². The molecule has 21 heavy (non-hydrogen) atoms. The number of nitriles is 1. The fraction of sp³-hybridized carbons (Fsp3) is 0.294. The molecule has 0 aliphatic rings. The van der Waals surface area contributed by atoms with Crippen LogP contribution in [0.1, 0.15) is 30.7 Å². The van der Waals surface area contributed by atoms with Gasteiger partial charge in [-0.3, -0.25) is 0 Å². The third-order valence-corrected chi connectivity index (χ3v) is 4.22. The molecule has 2 nitrogen and oxygen atoms in total. The average Bonchev–Trinajstić information content (AvgIpc) is 2.45. The fourth-order valence-electron chi connectivity index (χ4n) is 1.98. The third-order valence-electron chi connectivity index (χ3n) is 2.92. The fourth-order valence-corrected chi connectivity index (χ4v) is 3.13. The number of rotatable bonds is 5. The van der Waals surface area contributed by atoms with Crippen LogP contribution in [0, 0.1) is 17.2 Å². The number of pyridine rings is 1. The van der Waals surface area contributed by atoms with Gasteiger partial charge in [-0.2, -0.15) is 5.26 Å². The zero-order valence-corrected chi connectivity index (χ0v) is 13.7. The highest BCUT2D eigenvalue weighted by Gasteiger charge is 2.08. The molecule has 0 spiro atoms.